The SMILES string of the molecule is CCOC(=O)COc1ccc(Cc2c(-c3ccc(OCCN4CCCC4)cc3)sc3ccccc23)cc1. The summed E-state index contributed by atoms with van der Waals surface area (Å²) in [6.07, 6.45) is 3.42. The summed E-state index contributed by atoms with van der Waals surface area (Å²) in [7, 11) is 0. The highest BCUT2D eigenvalue weighted by Gasteiger charge is 2.15. The van der Waals surface area contributed by atoms with E-state index >= 15 is 0 Å². The lowest BCUT2D eigenvalue weighted by atomic mass is 9.99. The van der Waals surface area contributed by atoms with Gasteiger partial charge in [0.25, 0.3) is 0 Å². The third-order valence-electron chi connectivity index (χ3n) is 6.66. The molecule has 0 spiro atoms. The van der Waals surface area contributed by atoms with Gasteiger partial charge in [-0.1, -0.05) is 30.3 Å². The molecule has 6 heteroatoms. The Kier molecular flexibility index (Phi) is 8.39. The molecule has 5 rings (SSSR count). The van der Waals surface area contributed by atoms with Crippen LogP contribution in [-0.2, 0) is 16.0 Å². The number of carbonyl (C=O) groups excluding carboxylic acids is 1. The van der Waals surface area contributed by atoms with Gasteiger partial charge in [-0.2, -0.15) is 0 Å². The number of hydrogen-bond acceptors (Lipinski definition) is 6. The van der Waals surface area contributed by atoms with Gasteiger partial charge in [0.1, 0.15) is 18.1 Å². The topological polar surface area (TPSA) is 48.0 Å². The standard InChI is InChI=1S/C31H33NO4S/c1-2-34-30(33)22-36-26-13-9-23(10-14-26)21-28-27-7-3-4-8-29(27)37-31(28)24-11-15-25(16-12-24)35-20-19-32-17-5-6-18-32/h3-4,7-16H,2,5-6,17-22H2,1H3. The normalized spacial score (nSPS) is 13.6. The lowest BCUT2D eigenvalue weighted by molar-refractivity contribution is -0.145. The number of nitrogens with zero attached hydrogens (tertiary/aromatic N) is 1. The first-order valence-corrected chi connectivity index (χ1v) is 13.8. The van der Waals surface area contributed by atoms with Crippen molar-refractivity contribution in [3.63, 3.8) is 0 Å². The van der Waals surface area contributed by atoms with Gasteiger partial charge < -0.3 is 14.2 Å². The molecule has 0 N–H and O–H groups in total. The van der Waals surface area contributed by atoms with E-state index in [1.54, 1.807) is 6.92 Å². The van der Waals surface area contributed by atoms with Crippen molar-refractivity contribution >= 4 is 27.4 Å². The second-order valence-corrected chi connectivity index (χ2v) is 10.3. The molecule has 1 aliphatic heterocycles. The van der Waals surface area contributed by atoms with E-state index in [1.165, 1.54) is 57.6 Å². The molecular weight excluding hydrogens is 482 g/mol. The summed E-state index contributed by atoms with van der Waals surface area (Å²) >= 11 is 1.83. The van der Waals surface area contributed by atoms with Crippen molar-refractivity contribution in [3.05, 3.63) is 83.9 Å². The predicted octanol–water partition coefficient (Wildman–Crippen LogP) is 6.58. The molecule has 2 heterocycles. The molecule has 1 saturated heterocycles. The largest absolute Gasteiger partial charge is 0.492 e. The molecule has 0 saturated carbocycles. The van der Waals surface area contributed by atoms with Gasteiger partial charge in [-0.05, 0) is 104 Å². The molecule has 37 heavy (non-hydrogen) atoms. The first-order chi connectivity index (χ1) is 18.2. The van der Waals surface area contributed by atoms with E-state index in [2.05, 4.69) is 65.6 Å². The molecule has 5 nitrogen and oxygen atoms in total. The lowest BCUT2D eigenvalue weighted by Crippen LogP contribution is -2.25. The van der Waals surface area contributed by atoms with Gasteiger partial charge >= 0.3 is 5.97 Å². The highest BCUT2D eigenvalue weighted by Crippen LogP contribution is 2.40. The van der Waals surface area contributed by atoms with Crippen molar-refractivity contribution in [1.82, 2.24) is 4.90 Å². The number of likely N-dealkylation sites (tertiary alicyclic amines) is 1. The summed E-state index contributed by atoms with van der Waals surface area (Å²) in [6, 6.07) is 25.1. The summed E-state index contributed by atoms with van der Waals surface area (Å²) in [5, 5.41) is 1.29. The third-order valence-corrected chi connectivity index (χ3v) is 7.92. The van der Waals surface area contributed by atoms with Crippen LogP contribution >= 0.6 is 11.3 Å². The third kappa shape index (κ3) is 6.51. The summed E-state index contributed by atoms with van der Waals surface area (Å²) in [5.74, 6) is 1.22. The number of benzene rings is 3. The molecule has 3 aromatic carbocycles. The molecule has 0 amide bonds. The van der Waals surface area contributed by atoms with Crippen LogP contribution in [0, 0.1) is 0 Å². The number of esters is 1. The van der Waals surface area contributed by atoms with E-state index in [0.29, 0.717) is 12.4 Å². The highest BCUT2D eigenvalue weighted by molar-refractivity contribution is 7.22. The molecule has 1 aromatic heterocycles. The molecule has 192 valence electrons. The highest BCUT2D eigenvalue weighted by atomic mass is 32.1. The maximum absolute atomic E-state index is 11.6. The van der Waals surface area contributed by atoms with Gasteiger partial charge in [-0.15, -0.1) is 11.3 Å². The molecule has 1 aliphatic rings. The van der Waals surface area contributed by atoms with Gasteiger partial charge in [-0.25, -0.2) is 4.79 Å². The average molecular weight is 516 g/mol. The van der Waals surface area contributed by atoms with Crippen molar-refractivity contribution in [1.29, 1.82) is 0 Å². The van der Waals surface area contributed by atoms with Crippen LogP contribution in [0.4, 0.5) is 0 Å². The molecule has 0 aliphatic carbocycles. The minimum Gasteiger partial charge on any atom is -0.492 e. The Morgan fingerprint density at radius 2 is 1.59 bits per heavy atom. The van der Waals surface area contributed by atoms with Gasteiger partial charge in [0.05, 0.1) is 6.61 Å². The fraction of sp³-hybridized carbons (Fsp3) is 0.323. The predicted molar refractivity (Wildman–Crippen MR) is 150 cm³/mol. The smallest absolute Gasteiger partial charge is 0.344 e. The van der Waals surface area contributed by atoms with Crippen LogP contribution in [0.5, 0.6) is 11.5 Å². The monoisotopic (exact) mass is 515 g/mol. The van der Waals surface area contributed by atoms with E-state index < -0.39 is 0 Å². The molecular formula is C31H33NO4S. The molecule has 0 unspecified atom stereocenters. The first-order valence-electron chi connectivity index (χ1n) is 13.0. The van der Waals surface area contributed by atoms with Gasteiger partial charge in [0.2, 0.25) is 0 Å². The Bertz CT molecular complexity index is 1310. The van der Waals surface area contributed by atoms with Gasteiger partial charge in [-0.3, -0.25) is 4.90 Å². The Morgan fingerprint density at radius 3 is 2.35 bits per heavy atom. The number of carbonyl (C=O) groups is 1. The van der Waals surface area contributed by atoms with Crippen molar-refractivity contribution in [2.24, 2.45) is 0 Å². The first kappa shape index (κ1) is 25.3. The molecule has 4 aromatic rings. The number of ether oxygens (including phenoxy) is 3. The van der Waals surface area contributed by atoms with Crippen LogP contribution in [0.15, 0.2) is 72.8 Å². The second-order valence-electron chi connectivity index (χ2n) is 9.24. The minimum atomic E-state index is -0.357. The van der Waals surface area contributed by atoms with Crippen molar-refractivity contribution in [2.75, 3.05) is 39.5 Å². The van der Waals surface area contributed by atoms with Crippen LogP contribution in [0.1, 0.15) is 30.9 Å². The minimum absolute atomic E-state index is 0.0789. The van der Waals surface area contributed by atoms with E-state index in [-0.39, 0.29) is 12.6 Å². The van der Waals surface area contributed by atoms with Crippen molar-refractivity contribution in [2.45, 2.75) is 26.2 Å². The Labute approximate surface area is 222 Å². The number of rotatable bonds is 11. The van der Waals surface area contributed by atoms with Crippen LogP contribution in [0.3, 0.4) is 0 Å². The Morgan fingerprint density at radius 1 is 0.892 bits per heavy atom. The zero-order valence-electron chi connectivity index (χ0n) is 21.3. The summed E-state index contributed by atoms with van der Waals surface area (Å²) in [4.78, 5) is 15.3. The van der Waals surface area contributed by atoms with E-state index in [1.807, 2.05) is 23.5 Å². The average Bonchev–Trinajstić information content (AvgIpc) is 3.57. The van der Waals surface area contributed by atoms with Crippen LogP contribution in [0.25, 0.3) is 20.5 Å². The number of thiophene rings is 1. The Balaban J connectivity index is 1.30. The van der Waals surface area contributed by atoms with Gasteiger partial charge in [0, 0.05) is 16.1 Å². The van der Waals surface area contributed by atoms with Gasteiger partial charge in [0.15, 0.2) is 6.61 Å². The van der Waals surface area contributed by atoms with E-state index in [9.17, 15) is 4.79 Å². The summed E-state index contributed by atoms with van der Waals surface area (Å²) in [5.41, 5.74) is 3.72. The van der Waals surface area contributed by atoms with Crippen molar-refractivity contribution < 1.29 is 19.0 Å². The van der Waals surface area contributed by atoms with Crippen LogP contribution in [0.2, 0.25) is 0 Å². The second kappa shape index (κ2) is 12.3. The van der Waals surface area contributed by atoms with E-state index in [0.717, 1.165) is 25.3 Å². The van der Waals surface area contributed by atoms with Crippen LogP contribution < -0.4 is 9.47 Å². The lowest BCUT2D eigenvalue weighted by Gasteiger charge is -2.15. The number of hydrogen-bond donors (Lipinski definition) is 0. The zero-order valence-corrected chi connectivity index (χ0v) is 22.1. The summed E-state index contributed by atoms with van der Waals surface area (Å²) in [6.45, 7) is 6.17. The maximum Gasteiger partial charge on any atom is 0.344 e. The zero-order chi connectivity index (χ0) is 25.5. The Hall–Kier alpha value is -3.35. The van der Waals surface area contributed by atoms with Crippen LogP contribution in [-0.4, -0.2) is 50.3 Å². The molecule has 0 atom stereocenters. The molecule has 0 radical (unpaired) electrons. The fourth-order valence-corrected chi connectivity index (χ4v) is 5.99. The van der Waals surface area contributed by atoms with Crippen molar-refractivity contribution in [3.8, 4) is 21.9 Å². The molecule has 1 fully saturated rings. The quantitative estimate of drug-likeness (QED) is 0.211. The number of fused-ring (bicyclic) bond motifs is 1. The summed E-state index contributed by atoms with van der Waals surface area (Å²) < 4.78 is 17.8. The maximum atomic E-state index is 11.6. The molecule has 0 bridgehead atoms. The van der Waals surface area contributed by atoms with E-state index in [4.69, 9.17) is 14.2 Å². The fourth-order valence-electron chi connectivity index (χ4n) is 4.76.